The number of aliphatic hydroxyl groups is 1. The quantitative estimate of drug-likeness (QED) is 0.107. The van der Waals surface area contributed by atoms with Crippen LogP contribution >= 0.6 is 27.2 Å². The van der Waals surface area contributed by atoms with Crippen molar-refractivity contribution in [2.45, 2.75) is 48.4 Å². The van der Waals surface area contributed by atoms with Crippen LogP contribution in [0.25, 0.3) is 22.3 Å². The summed E-state index contributed by atoms with van der Waals surface area (Å²) in [6.45, 7) is -1.54. The molecule has 3 aliphatic rings. The molecular weight excluding hydrogens is 670 g/mol. The molecule has 0 amide bonds. The first kappa shape index (κ1) is 30.5. The summed E-state index contributed by atoms with van der Waals surface area (Å²) in [7, 11) is -10.1. The van der Waals surface area contributed by atoms with Gasteiger partial charge in [0.1, 0.15) is 47.7 Å². The summed E-state index contributed by atoms with van der Waals surface area (Å²) < 4.78 is 61.6. The Labute approximate surface area is 254 Å². The van der Waals surface area contributed by atoms with Crippen molar-refractivity contribution < 1.29 is 51.6 Å². The minimum atomic E-state index is -5.08. The van der Waals surface area contributed by atoms with Gasteiger partial charge in [0.25, 0.3) is 5.56 Å². The van der Waals surface area contributed by atoms with Crippen molar-refractivity contribution in [3.63, 3.8) is 0 Å². The van der Waals surface area contributed by atoms with Crippen LogP contribution in [0.4, 0.5) is 11.8 Å². The topological polar surface area (TPSA) is 309 Å². The smallest absolute Gasteiger partial charge is 0.387 e. The third-order valence-corrected chi connectivity index (χ3v) is 9.71. The summed E-state index contributed by atoms with van der Waals surface area (Å²) in [6, 6.07) is 0. The number of halogens is 1. The predicted molar refractivity (Wildman–Crippen MR) is 147 cm³/mol. The molecule has 2 bridgehead atoms. The van der Waals surface area contributed by atoms with Crippen molar-refractivity contribution in [2.75, 3.05) is 24.7 Å². The second-order valence-electron chi connectivity index (χ2n) is 10.1. The molecule has 22 nitrogen and oxygen atoms in total. The highest BCUT2D eigenvalue weighted by molar-refractivity contribution is 7.47. The number of aromatic amines is 1. The number of alkyl halides is 1. The first-order valence-corrected chi connectivity index (χ1v) is 16.3. The van der Waals surface area contributed by atoms with Crippen LogP contribution in [-0.2, 0) is 36.7 Å². The number of nitrogens with zero attached hydrogens (tertiary/aromatic N) is 7. The van der Waals surface area contributed by atoms with Gasteiger partial charge in [0.15, 0.2) is 35.1 Å². The lowest BCUT2D eigenvalue weighted by molar-refractivity contribution is -0.0670. The Balaban J connectivity index is 1.21. The van der Waals surface area contributed by atoms with Gasteiger partial charge in [-0.1, -0.05) is 0 Å². The van der Waals surface area contributed by atoms with Crippen LogP contribution in [0.15, 0.2) is 23.8 Å². The number of ether oxygens (including phenoxy) is 2. The number of fused-ring (bicyclic) bond motifs is 5. The zero-order valence-electron chi connectivity index (χ0n) is 22.3. The summed E-state index contributed by atoms with van der Waals surface area (Å²) in [5, 5.41) is 9.78. The Hall–Kier alpha value is -3.11. The number of aliphatic hydroxyl groups excluding tert-OH is 1. The molecule has 3 saturated heterocycles. The van der Waals surface area contributed by atoms with Crippen LogP contribution in [0.3, 0.4) is 0 Å². The second-order valence-corrected chi connectivity index (χ2v) is 13.4. The van der Waals surface area contributed by atoms with Crippen LogP contribution in [0.5, 0.6) is 0 Å². The van der Waals surface area contributed by atoms with E-state index in [4.69, 9.17) is 50.6 Å². The normalized spacial score (nSPS) is 37.7. The molecule has 4 aromatic heterocycles. The number of hydrogen-bond acceptors (Lipinski definition) is 17. The zero-order chi connectivity index (χ0) is 31.8. The molecule has 7 heterocycles. The molecule has 10 atom stereocenters. The van der Waals surface area contributed by atoms with Crippen molar-refractivity contribution in [1.82, 2.24) is 39.0 Å². The molecule has 2 unspecified atom stereocenters. The minimum Gasteiger partial charge on any atom is -0.387 e. The van der Waals surface area contributed by atoms with Crippen molar-refractivity contribution in [3.05, 3.63) is 29.3 Å². The maximum absolute atomic E-state index is 13.2. The molecule has 3 fully saturated rings. The highest BCUT2D eigenvalue weighted by Gasteiger charge is 2.54. The van der Waals surface area contributed by atoms with Gasteiger partial charge in [-0.2, -0.15) is 4.98 Å². The van der Waals surface area contributed by atoms with Crippen molar-refractivity contribution in [1.29, 1.82) is 0 Å². The summed E-state index contributed by atoms with van der Waals surface area (Å²) in [4.78, 5) is 56.0. The predicted octanol–water partition coefficient (Wildman–Crippen LogP) is -1.10. The van der Waals surface area contributed by atoms with Crippen LogP contribution in [0, 0.1) is 0 Å². The Morgan fingerprint density at radius 1 is 0.889 bits per heavy atom. The lowest BCUT2D eigenvalue weighted by Crippen LogP contribution is -2.35. The van der Waals surface area contributed by atoms with E-state index < -0.39 is 82.8 Å². The number of nitrogens with one attached hydrogen (secondary N) is 1. The summed E-state index contributed by atoms with van der Waals surface area (Å²) in [6.07, 6.45) is -6.74. The first-order valence-electron chi connectivity index (χ1n) is 12.9. The number of hydrogen-bond donors (Lipinski definition) is 6. The Bertz CT molecular complexity index is 1940. The van der Waals surface area contributed by atoms with E-state index in [2.05, 4.69) is 29.9 Å². The monoisotopic (exact) mass is 692 g/mol. The maximum Gasteiger partial charge on any atom is 0.472 e. The fourth-order valence-electron chi connectivity index (χ4n) is 5.26. The average molecular weight is 693 g/mol. The zero-order valence-corrected chi connectivity index (χ0v) is 24.9. The average Bonchev–Trinajstić information content (AvgIpc) is 3.72. The summed E-state index contributed by atoms with van der Waals surface area (Å²) >= 11 is 6.65. The second kappa shape index (κ2) is 11.0. The van der Waals surface area contributed by atoms with Gasteiger partial charge >= 0.3 is 15.6 Å². The summed E-state index contributed by atoms with van der Waals surface area (Å²) in [5.74, 6) is -0.202. The third-order valence-electron chi connectivity index (χ3n) is 7.28. The molecule has 4 aromatic rings. The number of anilines is 2. The lowest BCUT2D eigenvalue weighted by Gasteiger charge is -2.25. The van der Waals surface area contributed by atoms with Crippen molar-refractivity contribution in [3.8, 4) is 0 Å². The SMILES string of the molecule is Nc1nc2c(ncn2[C@@H]2O[C@@H]3COP(=O)(O)O[C@H]4[C@H](Cl)[C@H](n5cnc6c(N)ncnc65)O[C@@H]4COP(=O)(O)O[C@@H]2[C@@H]3O)c(=O)[nH]1. The van der Waals surface area contributed by atoms with Crippen LogP contribution in [-0.4, -0.2) is 103 Å². The molecule has 0 radical (unpaired) electrons. The fourth-order valence-corrected chi connectivity index (χ4v) is 7.63. The molecular formula is C20H23ClN10O12P2. The number of aromatic nitrogens is 8. The number of nitrogens with two attached hydrogens (primary N) is 2. The van der Waals surface area contributed by atoms with Gasteiger partial charge in [0.2, 0.25) is 5.95 Å². The van der Waals surface area contributed by atoms with E-state index in [1.165, 1.54) is 17.2 Å². The van der Waals surface area contributed by atoms with Gasteiger partial charge in [0.05, 0.1) is 25.9 Å². The Kier molecular flexibility index (Phi) is 7.47. The first-order chi connectivity index (χ1) is 21.3. The van der Waals surface area contributed by atoms with E-state index >= 15 is 0 Å². The molecule has 0 spiro atoms. The Morgan fingerprint density at radius 3 is 2.24 bits per heavy atom. The van der Waals surface area contributed by atoms with Crippen LogP contribution in [0.2, 0.25) is 0 Å². The van der Waals surface area contributed by atoms with Gasteiger partial charge < -0.3 is 35.8 Å². The number of rotatable bonds is 2. The fraction of sp³-hybridized carbons (Fsp3) is 0.500. The molecule has 8 N–H and O–H groups in total. The van der Waals surface area contributed by atoms with Gasteiger partial charge in [0, 0.05) is 0 Å². The van der Waals surface area contributed by atoms with E-state index in [1.807, 2.05) is 0 Å². The maximum atomic E-state index is 13.2. The van der Waals surface area contributed by atoms with Gasteiger partial charge in [-0.15, -0.1) is 11.6 Å². The molecule has 25 heteroatoms. The van der Waals surface area contributed by atoms with Gasteiger partial charge in [-0.3, -0.25) is 37.0 Å². The van der Waals surface area contributed by atoms with E-state index in [0.29, 0.717) is 0 Å². The highest BCUT2D eigenvalue weighted by Crippen LogP contribution is 2.54. The Morgan fingerprint density at radius 2 is 1.51 bits per heavy atom. The number of imidazole rings is 2. The molecule has 0 aliphatic carbocycles. The number of phosphoric acid groups is 2. The van der Waals surface area contributed by atoms with Gasteiger partial charge in [-0.25, -0.2) is 29.1 Å². The van der Waals surface area contributed by atoms with Crippen LogP contribution in [0.1, 0.15) is 12.5 Å². The van der Waals surface area contributed by atoms with Crippen LogP contribution < -0.4 is 17.0 Å². The van der Waals surface area contributed by atoms with Gasteiger partial charge in [-0.05, 0) is 0 Å². The number of H-pyrrole nitrogens is 1. The van der Waals surface area contributed by atoms with E-state index in [9.17, 15) is 28.8 Å². The number of phosphoric ester groups is 2. The minimum absolute atomic E-state index is 0.0729. The standard InChI is InChI=1S/C20H23ClN10O12P2/c21-8-12-7(41-18(8)30-4-26-9-14(22)24-3-25-15(9)30)2-39-45(36,37)43-13-11(32)6(1-38-44(34,35)42-12)40-19(13)31-5-27-10-16(31)28-20(23)29-17(10)33/h3-8,11-13,18-19,32H,1-2H2,(H,34,35)(H,36,37)(H2,22,24,25)(H3,23,28,29,33)/t6-,7-,8+,11-,12-,13-,18-,19-/m1/s1. The highest BCUT2D eigenvalue weighted by atomic mass is 35.5. The van der Waals surface area contributed by atoms with E-state index in [-0.39, 0.29) is 34.1 Å². The van der Waals surface area contributed by atoms with Crippen molar-refractivity contribution >= 4 is 61.3 Å². The molecule has 0 saturated carbocycles. The molecule has 7 rings (SSSR count). The summed E-state index contributed by atoms with van der Waals surface area (Å²) in [5.41, 5.74) is 11.0. The molecule has 242 valence electrons. The van der Waals surface area contributed by atoms with Crippen molar-refractivity contribution in [2.24, 2.45) is 0 Å². The molecule has 45 heavy (non-hydrogen) atoms. The molecule has 3 aliphatic heterocycles. The van der Waals surface area contributed by atoms with E-state index in [1.54, 1.807) is 0 Å². The largest absolute Gasteiger partial charge is 0.472 e. The lowest BCUT2D eigenvalue weighted by atomic mass is 10.1. The molecule has 0 aromatic carbocycles. The number of nitrogen functional groups attached to an aromatic ring is 2. The van der Waals surface area contributed by atoms with E-state index in [0.717, 1.165) is 10.9 Å². The third kappa shape index (κ3) is 5.41.